The molecule has 1 aliphatic rings. The summed E-state index contributed by atoms with van der Waals surface area (Å²) in [7, 11) is 0. The Bertz CT molecular complexity index is 364. The molecular weight excluding hydrogens is 289 g/mol. The summed E-state index contributed by atoms with van der Waals surface area (Å²) in [5.74, 6) is 0. The predicted octanol–water partition coefficient (Wildman–Crippen LogP) is 3.82. The molecule has 0 unspecified atom stereocenters. The summed E-state index contributed by atoms with van der Waals surface area (Å²) >= 11 is 9.38. The highest BCUT2D eigenvalue weighted by atomic mass is 79.9. The molecular formula is C12H15BrClNO. The first-order valence-electron chi connectivity index (χ1n) is 5.55. The van der Waals surface area contributed by atoms with Gasteiger partial charge in [0.25, 0.3) is 0 Å². The van der Waals surface area contributed by atoms with E-state index in [2.05, 4.69) is 21.2 Å². The molecule has 2 nitrogen and oxygen atoms in total. The fraction of sp³-hybridized carbons (Fsp3) is 0.500. The number of nitrogens with one attached hydrogen (secondary N) is 1. The summed E-state index contributed by atoms with van der Waals surface area (Å²) in [5, 5.41) is 13.6. The highest BCUT2D eigenvalue weighted by molar-refractivity contribution is 9.10. The molecule has 0 atom stereocenters. The molecule has 1 aromatic carbocycles. The van der Waals surface area contributed by atoms with Gasteiger partial charge in [-0.3, -0.25) is 0 Å². The Morgan fingerprint density at radius 3 is 2.56 bits per heavy atom. The average Bonchev–Trinajstić information content (AvgIpc) is 2.25. The molecule has 0 saturated heterocycles. The SMILES string of the molecule is OC1CCC(Nc2ccc(Cl)cc2Br)CC1. The van der Waals surface area contributed by atoms with Gasteiger partial charge in [0.05, 0.1) is 6.10 Å². The van der Waals surface area contributed by atoms with Crippen LogP contribution >= 0.6 is 27.5 Å². The second-order valence-electron chi connectivity index (χ2n) is 4.27. The molecule has 2 N–H and O–H groups in total. The molecule has 0 aliphatic heterocycles. The molecule has 88 valence electrons. The number of benzene rings is 1. The summed E-state index contributed by atoms with van der Waals surface area (Å²) in [6.07, 6.45) is 3.73. The third-order valence-corrected chi connectivity index (χ3v) is 3.88. The van der Waals surface area contributed by atoms with Crippen LogP contribution in [-0.4, -0.2) is 17.3 Å². The van der Waals surface area contributed by atoms with Gasteiger partial charge in [0.15, 0.2) is 0 Å². The quantitative estimate of drug-likeness (QED) is 0.870. The molecule has 1 fully saturated rings. The largest absolute Gasteiger partial charge is 0.393 e. The van der Waals surface area contributed by atoms with Crippen molar-refractivity contribution >= 4 is 33.2 Å². The molecule has 2 rings (SSSR count). The Labute approximate surface area is 109 Å². The summed E-state index contributed by atoms with van der Waals surface area (Å²) in [4.78, 5) is 0. The van der Waals surface area contributed by atoms with E-state index >= 15 is 0 Å². The van der Waals surface area contributed by atoms with E-state index in [0.717, 1.165) is 40.9 Å². The monoisotopic (exact) mass is 303 g/mol. The summed E-state index contributed by atoms with van der Waals surface area (Å²) in [6, 6.07) is 6.21. The highest BCUT2D eigenvalue weighted by Gasteiger charge is 2.19. The smallest absolute Gasteiger partial charge is 0.0541 e. The minimum absolute atomic E-state index is 0.105. The van der Waals surface area contributed by atoms with Gasteiger partial charge in [-0.05, 0) is 59.8 Å². The van der Waals surface area contributed by atoms with Crippen LogP contribution in [0.2, 0.25) is 5.02 Å². The van der Waals surface area contributed by atoms with Crippen LogP contribution in [0.15, 0.2) is 22.7 Å². The van der Waals surface area contributed by atoms with E-state index in [-0.39, 0.29) is 6.10 Å². The van der Waals surface area contributed by atoms with Gasteiger partial charge in [-0.15, -0.1) is 0 Å². The van der Waals surface area contributed by atoms with Crippen molar-refractivity contribution in [1.82, 2.24) is 0 Å². The summed E-state index contributed by atoms with van der Waals surface area (Å²) in [6.45, 7) is 0. The van der Waals surface area contributed by atoms with Gasteiger partial charge < -0.3 is 10.4 Å². The second kappa shape index (κ2) is 5.39. The topological polar surface area (TPSA) is 32.3 Å². The van der Waals surface area contributed by atoms with E-state index in [1.165, 1.54) is 0 Å². The van der Waals surface area contributed by atoms with E-state index < -0.39 is 0 Å². The van der Waals surface area contributed by atoms with Crippen LogP contribution in [0.25, 0.3) is 0 Å². The Balaban J connectivity index is 1.98. The molecule has 0 spiro atoms. The van der Waals surface area contributed by atoms with Crippen molar-refractivity contribution in [2.45, 2.75) is 37.8 Å². The van der Waals surface area contributed by atoms with E-state index in [1.807, 2.05) is 18.2 Å². The lowest BCUT2D eigenvalue weighted by Gasteiger charge is -2.27. The van der Waals surface area contributed by atoms with Gasteiger partial charge in [0.2, 0.25) is 0 Å². The summed E-state index contributed by atoms with van der Waals surface area (Å²) < 4.78 is 0.992. The van der Waals surface area contributed by atoms with Crippen molar-refractivity contribution in [3.63, 3.8) is 0 Å². The lowest BCUT2D eigenvalue weighted by Crippen LogP contribution is -2.28. The Morgan fingerprint density at radius 2 is 1.94 bits per heavy atom. The van der Waals surface area contributed by atoms with Crippen molar-refractivity contribution in [3.8, 4) is 0 Å². The molecule has 16 heavy (non-hydrogen) atoms. The van der Waals surface area contributed by atoms with Crippen LogP contribution < -0.4 is 5.32 Å². The highest BCUT2D eigenvalue weighted by Crippen LogP contribution is 2.29. The molecule has 1 aliphatic carbocycles. The number of anilines is 1. The van der Waals surface area contributed by atoms with Gasteiger partial charge in [-0.1, -0.05) is 11.6 Å². The third-order valence-electron chi connectivity index (χ3n) is 2.99. The van der Waals surface area contributed by atoms with Crippen molar-refractivity contribution in [2.24, 2.45) is 0 Å². The van der Waals surface area contributed by atoms with Gasteiger partial charge in [0.1, 0.15) is 0 Å². The standard InChI is InChI=1S/C12H15BrClNO/c13-11-7-8(14)1-6-12(11)15-9-2-4-10(16)5-3-9/h1,6-7,9-10,15-16H,2-5H2. The van der Waals surface area contributed by atoms with E-state index in [1.54, 1.807) is 0 Å². The molecule has 0 aromatic heterocycles. The van der Waals surface area contributed by atoms with Crippen LogP contribution in [0.5, 0.6) is 0 Å². The van der Waals surface area contributed by atoms with Gasteiger partial charge in [0, 0.05) is 21.2 Å². The molecule has 1 aromatic rings. The number of hydrogen-bond donors (Lipinski definition) is 2. The minimum atomic E-state index is -0.105. The van der Waals surface area contributed by atoms with Crippen LogP contribution in [0.4, 0.5) is 5.69 Å². The first-order valence-corrected chi connectivity index (χ1v) is 6.72. The van der Waals surface area contributed by atoms with E-state index in [9.17, 15) is 5.11 Å². The molecule has 0 radical (unpaired) electrons. The fourth-order valence-electron chi connectivity index (χ4n) is 2.05. The lowest BCUT2D eigenvalue weighted by molar-refractivity contribution is 0.126. The lowest BCUT2D eigenvalue weighted by atomic mass is 9.93. The number of rotatable bonds is 2. The molecule has 0 heterocycles. The maximum atomic E-state index is 9.43. The second-order valence-corrected chi connectivity index (χ2v) is 5.56. The van der Waals surface area contributed by atoms with Gasteiger partial charge in [-0.2, -0.15) is 0 Å². The van der Waals surface area contributed by atoms with Crippen LogP contribution in [0, 0.1) is 0 Å². The number of aliphatic hydroxyl groups is 1. The normalized spacial score (nSPS) is 25.4. The number of hydrogen-bond acceptors (Lipinski definition) is 2. The molecule has 1 saturated carbocycles. The van der Waals surface area contributed by atoms with Crippen molar-refractivity contribution in [2.75, 3.05) is 5.32 Å². The van der Waals surface area contributed by atoms with E-state index in [4.69, 9.17) is 11.6 Å². The Kier molecular flexibility index (Phi) is 4.11. The van der Waals surface area contributed by atoms with Gasteiger partial charge >= 0.3 is 0 Å². The molecule has 0 amide bonds. The zero-order valence-corrected chi connectivity index (χ0v) is 11.3. The van der Waals surface area contributed by atoms with Crippen molar-refractivity contribution in [3.05, 3.63) is 27.7 Å². The molecule has 0 bridgehead atoms. The summed E-state index contributed by atoms with van der Waals surface area (Å²) in [5.41, 5.74) is 1.07. The zero-order valence-electron chi connectivity index (χ0n) is 8.92. The first-order chi connectivity index (χ1) is 7.65. The Hall–Kier alpha value is -0.250. The minimum Gasteiger partial charge on any atom is -0.393 e. The zero-order chi connectivity index (χ0) is 11.5. The van der Waals surface area contributed by atoms with Crippen LogP contribution in [0.1, 0.15) is 25.7 Å². The maximum Gasteiger partial charge on any atom is 0.0541 e. The number of halogens is 2. The first kappa shape index (κ1) is 12.2. The van der Waals surface area contributed by atoms with E-state index in [0.29, 0.717) is 6.04 Å². The van der Waals surface area contributed by atoms with Crippen molar-refractivity contribution < 1.29 is 5.11 Å². The van der Waals surface area contributed by atoms with Crippen molar-refractivity contribution in [1.29, 1.82) is 0 Å². The van der Waals surface area contributed by atoms with Crippen LogP contribution in [0.3, 0.4) is 0 Å². The average molecular weight is 305 g/mol. The van der Waals surface area contributed by atoms with Gasteiger partial charge in [-0.25, -0.2) is 0 Å². The van der Waals surface area contributed by atoms with Crippen LogP contribution in [-0.2, 0) is 0 Å². The number of aliphatic hydroxyl groups excluding tert-OH is 1. The maximum absolute atomic E-state index is 9.43. The third kappa shape index (κ3) is 3.12. The Morgan fingerprint density at radius 1 is 1.25 bits per heavy atom. The fourth-order valence-corrected chi connectivity index (χ4v) is 2.84. The predicted molar refractivity (Wildman–Crippen MR) is 71.0 cm³/mol. The molecule has 4 heteroatoms.